The van der Waals surface area contributed by atoms with Gasteiger partial charge in [-0.2, -0.15) is 0 Å². The van der Waals surface area contributed by atoms with Gasteiger partial charge in [-0.25, -0.2) is 4.76 Å². The molecule has 0 aromatic rings. The van der Waals surface area contributed by atoms with Crippen LogP contribution < -0.4 is 0 Å². The Labute approximate surface area is 68.6 Å². The minimum Gasteiger partial charge on any atom is -0.339 e. The Hall–Kier alpha value is 0.410. The fourth-order valence-electron chi connectivity index (χ4n) is 1.00. The molecule has 2 aliphatic rings. The lowest BCUT2D eigenvalue weighted by atomic mass is 9.93. The van der Waals surface area contributed by atoms with Gasteiger partial charge in [-0.05, 0) is 0 Å². The van der Waals surface area contributed by atoms with Gasteiger partial charge in [-0.15, -0.1) is 0 Å². The summed E-state index contributed by atoms with van der Waals surface area (Å²) in [6, 6.07) is 0. The van der Waals surface area contributed by atoms with E-state index in [2.05, 4.69) is 4.76 Å². The van der Waals surface area contributed by atoms with Crippen molar-refractivity contribution in [3.05, 3.63) is 0 Å². The SMILES string of the molecule is C1=NPOCC12COPOC2. The summed E-state index contributed by atoms with van der Waals surface area (Å²) in [7, 11) is 0.446. The van der Waals surface area contributed by atoms with Gasteiger partial charge in [0.05, 0.1) is 25.2 Å². The molecule has 1 saturated heterocycles. The molecular weight excluding hydrogens is 184 g/mol. The van der Waals surface area contributed by atoms with Crippen LogP contribution in [0.5, 0.6) is 0 Å². The Bertz CT molecular complexity index is 169. The highest BCUT2D eigenvalue weighted by Gasteiger charge is 2.34. The first-order chi connectivity index (χ1) is 5.41. The van der Waals surface area contributed by atoms with E-state index in [1.165, 1.54) is 0 Å². The Kier molecular flexibility index (Phi) is 2.50. The summed E-state index contributed by atoms with van der Waals surface area (Å²) in [6.45, 7) is 2.04. The maximum absolute atomic E-state index is 5.24. The van der Waals surface area contributed by atoms with Crippen LogP contribution in [-0.4, -0.2) is 26.0 Å². The summed E-state index contributed by atoms with van der Waals surface area (Å²) in [5, 5.41) is 0. The first-order valence-electron chi connectivity index (χ1n) is 3.31. The molecule has 6 heteroatoms. The highest BCUT2D eigenvalue weighted by Crippen LogP contribution is 2.35. The second-order valence-corrected chi connectivity index (χ2v) is 4.13. The molecule has 0 aliphatic carbocycles. The highest BCUT2D eigenvalue weighted by atomic mass is 31.1. The maximum Gasteiger partial charge on any atom is 0.155 e. The van der Waals surface area contributed by atoms with Crippen LogP contribution >= 0.6 is 18.0 Å². The third-order valence-electron chi connectivity index (χ3n) is 1.65. The smallest absolute Gasteiger partial charge is 0.155 e. The normalized spacial score (nSPS) is 42.2. The lowest BCUT2D eigenvalue weighted by molar-refractivity contribution is 0.0600. The largest absolute Gasteiger partial charge is 0.339 e. The summed E-state index contributed by atoms with van der Waals surface area (Å²) in [5.41, 5.74) is -0.0868. The molecule has 1 fully saturated rings. The molecule has 0 aromatic heterocycles. The lowest BCUT2D eigenvalue weighted by Crippen LogP contribution is -2.39. The zero-order valence-corrected chi connectivity index (χ0v) is 7.87. The van der Waals surface area contributed by atoms with Gasteiger partial charge in [0.15, 0.2) is 9.03 Å². The topological polar surface area (TPSA) is 40.0 Å². The molecule has 0 radical (unpaired) electrons. The summed E-state index contributed by atoms with van der Waals surface area (Å²) in [6.07, 6.45) is 1.92. The Balaban J connectivity index is 2.06. The van der Waals surface area contributed by atoms with Crippen LogP contribution in [0.1, 0.15) is 0 Å². The number of nitrogens with zero attached hydrogens (tertiary/aromatic N) is 1. The zero-order valence-electron chi connectivity index (χ0n) is 5.87. The molecule has 0 bridgehead atoms. The van der Waals surface area contributed by atoms with E-state index in [1.807, 2.05) is 6.21 Å². The molecule has 0 amide bonds. The van der Waals surface area contributed by atoms with Crippen LogP contribution in [0.25, 0.3) is 0 Å². The van der Waals surface area contributed by atoms with Crippen LogP contribution in [0.2, 0.25) is 0 Å². The average Bonchev–Trinajstić information content (AvgIpc) is 2.07. The van der Waals surface area contributed by atoms with E-state index in [0.29, 0.717) is 19.8 Å². The predicted molar refractivity (Wildman–Crippen MR) is 45.4 cm³/mol. The van der Waals surface area contributed by atoms with Gasteiger partial charge >= 0.3 is 0 Å². The van der Waals surface area contributed by atoms with E-state index in [0.717, 1.165) is 0 Å². The van der Waals surface area contributed by atoms with Crippen molar-refractivity contribution in [1.82, 2.24) is 0 Å². The number of hydrogen-bond acceptors (Lipinski definition) is 4. The Morgan fingerprint density at radius 1 is 1.18 bits per heavy atom. The standard InChI is InChI=1S/C5H9NO3P2/c1-5(2-7-10-6-1)3-8-11-9-4-5/h1,10-11H,2-4H2. The van der Waals surface area contributed by atoms with Crippen LogP contribution in [0.4, 0.5) is 0 Å². The van der Waals surface area contributed by atoms with Crippen LogP contribution in [0, 0.1) is 5.41 Å². The minimum absolute atomic E-state index is 0.0868. The zero-order chi connectivity index (χ0) is 7.57. The van der Waals surface area contributed by atoms with Crippen molar-refractivity contribution in [1.29, 1.82) is 0 Å². The van der Waals surface area contributed by atoms with Gasteiger partial charge in [-0.3, -0.25) is 0 Å². The van der Waals surface area contributed by atoms with Gasteiger partial charge in [0.1, 0.15) is 8.96 Å². The van der Waals surface area contributed by atoms with Crippen LogP contribution in [-0.2, 0) is 13.6 Å². The lowest BCUT2D eigenvalue weighted by Gasteiger charge is -2.33. The van der Waals surface area contributed by atoms with Crippen LogP contribution in [0.3, 0.4) is 0 Å². The number of rotatable bonds is 0. The molecular formula is C5H9NO3P2. The van der Waals surface area contributed by atoms with Crippen molar-refractivity contribution >= 4 is 24.2 Å². The molecule has 2 aliphatic heterocycles. The van der Waals surface area contributed by atoms with Crippen molar-refractivity contribution in [3.63, 3.8) is 0 Å². The van der Waals surface area contributed by atoms with Crippen molar-refractivity contribution in [2.45, 2.75) is 0 Å². The van der Waals surface area contributed by atoms with Gasteiger partial charge in [0.2, 0.25) is 0 Å². The van der Waals surface area contributed by atoms with E-state index in [4.69, 9.17) is 13.6 Å². The van der Waals surface area contributed by atoms with Crippen LogP contribution in [0.15, 0.2) is 4.76 Å². The van der Waals surface area contributed by atoms with Crippen molar-refractivity contribution < 1.29 is 13.6 Å². The van der Waals surface area contributed by atoms with Gasteiger partial charge in [0.25, 0.3) is 0 Å². The highest BCUT2D eigenvalue weighted by molar-refractivity contribution is 7.30. The van der Waals surface area contributed by atoms with Crippen molar-refractivity contribution in [2.75, 3.05) is 19.8 Å². The second kappa shape index (κ2) is 3.42. The van der Waals surface area contributed by atoms with E-state index >= 15 is 0 Å². The Morgan fingerprint density at radius 3 is 2.55 bits per heavy atom. The molecule has 1 unspecified atom stereocenters. The molecule has 2 heterocycles. The summed E-state index contributed by atoms with van der Waals surface area (Å²) in [5.74, 6) is 0. The molecule has 1 spiro atoms. The first-order valence-corrected chi connectivity index (χ1v) is 4.98. The fourth-order valence-corrected chi connectivity index (χ4v) is 2.53. The summed E-state index contributed by atoms with van der Waals surface area (Å²) in [4.78, 5) is 0. The minimum atomic E-state index is -0.0868. The Morgan fingerprint density at radius 2 is 1.91 bits per heavy atom. The van der Waals surface area contributed by atoms with Crippen molar-refractivity contribution in [2.24, 2.45) is 10.2 Å². The number of hydrogen-bond donors (Lipinski definition) is 0. The molecule has 0 saturated carbocycles. The quantitative estimate of drug-likeness (QED) is 0.541. The van der Waals surface area contributed by atoms with Gasteiger partial charge < -0.3 is 13.6 Å². The summed E-state index contributed by atoms with van der Waals surface area (Å²) < 4.78 is 19.7. The molecule has 0 N–H and O–H groups in total. The van der Waals surface area contributed by atoms with E-state index in [9.17, 15) is 0 Å². The molecule has 0 aromatic carbocycles. The molecule has 2 rings (SSSR count). The van der Waals surface area contributed by atoms with Gasteiger partial charge in [-0.1, -0.05) is 0 Å². The van der Waals surface area contributed by atoms with E-state index < -0.39 is 0 Å². The third-order valence-corrected chi connectivity index (χ3v) is 2.68. The van der Waals surface area contributed by atoms with E-state index in [-0.39, 0.29) is 23.4 Å². The average molecular weight is 193 g/mol. The monoisotopic (exact) mass is 193 g/mol. The molecule has 4 nitrogen and oxygen atoms in total. The molecule has 1 atom stereocenters. The van der Waals surface area contributed by atoms with E-state index in [1.54, 1.807) is 0 Å². The predicted octanol–water partition coefficient (Wildman–Crippen LogP) is 1.14. The van der Waals surface area contributed by atoms with Gasteiger partial charge in [0, 0.05) is 6.21 Å². The fraction of sp³-hybridized carbons (Fsp3) is 0.800. The molecule has 11 heavy (non-hydrogen) atoms. The second-order valence-electron chi connectivity index (χ2n) is 2.66. The maximum atomic E-state index is 5.24. The molecule has 62 valence electrons. The van der Waals surface area contributed by atoms with Crippen molar-refractivity contribution in [3.8, 4) is 0 Å². The summed E-state index contributed by atoms with van der Waals surface area (Å²) >= 11 is 0. The third kappa shape index (κ3) is 1.77. The first kappa shape index (κ1) is 8.03.